The van der Waals surface area contributed by atoms with E-state index in [1.54, 1.807) is 13.3 Å². The predicted molar refractivity (Wildman–Crippen MR) is 114 cm³/mol. The number of carbonyl (C=O) groups excluding carboxylic acids is 1. The summed E-state index contributed by atoms with van der Waals surface area (Å²) >= 11 is 1.49. The number of methoxy groups -OCH3 is 1. The van der Waals surface area contributed by atoms with Crippen molar-refractivity contribution in [2.24, 2.45) is 0 Å². The second kappa shape index (κ2) is 9.09. The van der Waals surface area contributed by atoms with Gasteiger partial charge in [-0.15, -0.1) is 11.3 Å². The minimum absolute atomic E-state index is 0.107. The summed E-state index contributed by atoms with van der Waals surface area (Å²) in [5.74, 6) is 1.49. The van der Waals surface area contributed by atoms with Gasteiger partial charge >= 0.3 is 0 Å². The average Bonchev–Trinajstić information content (AvgIpc) is 3.45. The molecule has 6 heteroatoms. The van der Waals surface area contributed by atoms with Gasteiger partial charge in [0.25, 0.3) is 5.91 Å². The SMILES string of the molecule is COc1ccc(CN(C(=O)c2cccs2)C2CC2)cc1OCCc1ccccn1. The van der Waals surface area contributed by atoms with Crippen LogP contribution in [0.5, 0.6) is 11.5 Å². The Morgan fingerprint density at radius 1 is 1.17 bits per heavy atom. The Kier molecular flexibility index (Phi) is 6.10. The summed E-state index contributed by atoms with van der Waals surface area (Å²) in [5.41, 5.74) is 2.03. The van der Waals surface area contributed by atoms with E-state index in [0.29, 0.717) is 30.7 Å². The lowest BCUT2D eigenvalue weighted by atomic mass is 10.1. The van der Waals surface area contributed by atoms with Crippen LogP contribution >= 0.6 is 11.3 Å². The molecular weight excluding hydrogens is 384 g/mol. The molecule has 0 unspecified atom stereocenters. The van der Waals surface area contributed by atoms with Gasteiger partial charge in [-0.05, 0) is 54.1 Å². The largest absolute Gasteiger partial charge is 0.493 e. The van der Waals surface area contributed by atoms with E-state index in [9.17, 15) is 4.79 Å². The van der Waals surface area contributed by atoms with Gasteiger partial charge in [-0.3, -0.25) is 9.78 Å². The molecule has 0 spiro atoms. The zero-order valence-corrected chi connectivity index (χ0v) is 17.2. The van der Waals surface area contributed by atoms with Gasteiger partial charge in [0.15, 0.2) is 11.5 Å². The molecule has 0 aliphatic heterocycles. The summed E-state index contributed by atoms with van der Waals surface area (Å²) < 4.78 is 11.5. The van der Waals surface area contributed by atoms with Crippen molar-refractivity contribution in [1.29, 1.82) is 0 Å². The van der Waals surface area contributed by atoms with E-state index in [0.717, 1.165) is 35.4 Å². The molecule has 1 amide bonds. The van der Waals surface area contributed by atoms with E-state index in [1.807, 2.05) is 58.8 Å². The van der Waals surface area contributed by atoms with Gasteiger partial charge < -0.3 is 14.4 Å². The number of thiophene rings is 1. The molecule has 0 radical (unpaired) electrons. The molecule has 29 heavy (non-hydrogen) atoms. The van der Waals surface area contributed by atoms with E-state index in [4.69, 9.17) is 9.47 Å². The minimum Gasteiger partial charge on any atom is -0.493 e. The standard InChI is InChI=1S/C23H24N2O3S/c1-27-20-10-7-17(15-21(20)28-13-11-18-5-2-3-12-24-18)16-25(19-8-9-19)23(26)22-6-4-14-29-22/h2-7,10,12,14-15,19H,8-9,11,13,16H2,1H3. The van der Waals surface area contributed by atoms with E-state index in [-0.39, 0.29) is 5.91 Å². The first-order valence-corrected chi connectivity index (χ1v) is 10.7. The lowest BCUT2D eigenvalue weighted by Crippen LogP contribution is -2.32. The van der Waals surface area contributed by atoms with Gasteiger partial charge in [0.05, 0.1) is 18.6 Å². The topological polar surface area (TPSA) is 51.7 Å². The van der Waals surface area contributed by atoms with Crippen molar-refractivity contribution in [3.05, 3.63) is 76.2 Å². The molecule has 150 valence electrons. The summed E-state index contributed by atoms with van der Waals surface area (Å²) in [7, 11) is 1.64. The maximum absolute atomic E-state index is 12.9. The molecule has 0 atom stereocenters. The van der Waals surface area contributed by atoms with Crippen LogP contribution in [0.4, 0.5) is 0 Å². The molecule has 2 aromatic heterocycles. The fourth-order valence-electron chi connectivity index (χ4n) is 3.24. The Morgan fingerprint density at radius 2 is 2.07 bits per heavy atom. The van der Waals surface area contributed by atoms with Crippen molar-refractivity contribution in [2.45, 2.75) is 31.8 Å². The number of hydrogen-bond acceptors (Lipinski definition) is 5. The Balaban J connectivity index is 1.45. The van der Waals surface area contributed by atoms with Crippen LogP contribution in [0.1, 0.15) is 33.8 Å². The summed E-state index contributed by atoms with van der Waals surface area (Å²) in [4.78, 5) is 20.0. The second-order valence-corrected chi connectivity index (χ2v) is 7.99. The molecular formula is C23H24N2O3S. The minimum atomic E-state index is 0.107. The quantitative estimate of drug-likeness (QED) is 0.520. The lowest BCUT2D eigenvalue weighted by molar-refractivity contribution is 0.0734. The van der Waals surface area contributed by atoms with E-state index >= 15 is 0 Å². The molecule has 3 aromatic rings. The van der Waals surface area contributed by atoms with Crippen molar-refractivity contribution in [2.75, 3.05) is 13.7 Å². The van der Waals surface area contributed by atoms with Gasteiger partial charge in [-0.2, -0.15) is 0 Å². The van der Waals surface area contributed by atoms with Crippen LogP contribution in [0.2, 0.25) is 0 Å². The molecule has 1 fully saturated rings. The number of carbonyl (C=O) groups is 1. The third kappa shape index (κ3) is 4.95. The number of benzene rings is 1. The number of nitrogens with zero attached hydrogens (tertiary/aromatic N) is 2. The maximum Gasteiger partial charge on any atom is 0.264 e. The molecule has 0 bridgehead atoms. The fourth-order valence-corrected chi connectivity index (χ4v) is 3.91. The molecule has 1 aromatic carbocycles. The van der Waals surface area contributed by atoms with Gasteiger partial charge in [0, 0.05) is 30.9 Å². The number of hydrogen-bond donors (Lipinski definition) is 0. The van der Waals surface area contributed by atoms with Crippen LogP contribution in [0.3, 0.4) is 0 Å². The Labute approximate surface area is 174 Å². The molecule has 2 heterocycles. The van der Waals surface area contributed by atoms with E-state index in [1.165, 1.54) is 11.3 Å². The van der Waals surface area contributed by atoms with Crippen LogP contribution in [0.15, 0.2) is 60.1 Å². The Bertz CT molecular complexity index is 940. The van der Waals surface area contributed by atoms with Crippen molar-refractivity contribution in [3.8, 4) is 11.5 Å². The first-order valence-electron chi connectivity index (χ1n) is 9.78. The Morgan fingerprint density at radius 3 is 2.76 bits per heavy atom. The van der Waals surface area contributed by atoms with Crippen molar-refractivity contribution in [3.63, 3.8) is 0 Å². The average molecular weight is 409 g/mol. The van der Waals surface area contributed by atoms with Gasteiger partial charge in [-0.1, -0.05) is 18.2 Å². The van der Waals surface area contributed by atoms with Crippen molar-refractivity contribution < 1.29 is 14.3 Å². The molecule has 1 aliphatic carbocycles. The highest BCUT2D eigenvalue weighted by Crippen LogP contribution is 2.33. The summed E-state index contributed by atoms with van der Waals surface area (Å²) in [5, 5.41) is 1.94. The Hall–Kier alpha value is -2.86. The van der Waals surface area contributed by atoms with Crippen LogP contribution < -0.4 is 9.47 Å². The monoisotopic (exact) mass is 408 g/mol. The molecule has 1 aliphatic rings. The molecule has 1 saturated carbocycles. The molecule has 4 rings (SSSR count). The maximum atomic E-state index is 12.9. The summed E-state index contributed by atoms with van der Waals surface area (Å²) in [6.07, 6.45) is 4.65. The van der Waals surface area contributed by atoms with Crippen LogP contribution in [0, 0.1) is 0 Å². The highest BCUT2D eigenvalue weighted by molar-refractivity contribution is 7.12. The zero-order valence-electron chi connectivity index (χ0n) is 16.4. The zero-order chi connectivity index (χ0) is 20.1. The number of aromatic nitrogens is 1. The summed E-state index contributed by atoms with van der Waals surface area (Å²) in [6, 6.07) is 15.9. The molecule has 0 N–H and O–H groups in total. The lowest BCUT2D eigenvalue weighted by Gasteiger charge is -2.22. The highest BCUT2D eigenvalue weighted by atomic mass is 32.1. The third-order valence-corrected chi connectivity index (χ3v) is 5.76. The molecule has 0 saturated heterocycles. The van der Waals surface area contributed by atoms with Crippen LogP contribution in [0.25, 0.3) is 0 Å². The smallest absolute Gasteiger partial charge is 0.264 e. The summed E-state index contributed by atoms with van der Waals surface area (Å²) in [6.45, 7) is 1.08. The fraction of sp³-hybridized carbons (Fsp3) is 0.304. The van der Waals surface area contributed by atoms with E-state index < -0.39 is 0 Å². The van der Waals surface area contributed by atoms with Gasteiger partial charge in [-0.25, -0.2) is 0 Å². The van der Waals surface area contributed by atoms with Gasteiger partial charge in [0.2, 0.25) is 0 Å². The number of pyridine rings is 1. The van der Waals surface area contributed by atoms with Crippen LogP contribution in [-0.4, -0.2) is 35.5 Å². The first kappa shape index (κ1) is 19.5. The van der Waals surface area contributed by atoms with E-state index in [2.05, 4.69) is 4.98 Å². The normalized spacial score (nSPS) is 13.1. The van der Waals surface area contributed by atoms with Crippen LogP contribution in [-0.2, 0) is 13.0 Å². The van der Waals surface area contributed by atoms with Crippen molar-refractivity contribution >= 4 is 17.2 Å². The highest BCUT2D eigenvalue weighted by Gasteiger charge is 2.33. The predicted octanol–water partition coefficient (Wildman–Crippen LogP) is 4.58. The number of amides is 1. The number of ether oxygens (including phenoxy) is 2. The van der Waals surface area contributed by atoms with Gasteiger partial charge in [0.1, 0.15) is 0 Å². The van der Waals surface area contributed by atoms with Crippen molar-refractivity contribution in [1.82, 2.24) is 9.88 Å². The second-order valence-electron chi connectivity index (χ2n) is 7.05. The third-order valence-electron chi connectivity index (χ3n) is 4.90. The molecule has 5 nitrogen and oxygen atoms in total. The first-order chi connectivity index (χ1) is 14.2. The number of rotatable bonds is 9.